The van der Waals surface area contributed by atoms with Gasteiger partial charge in [-0.3, -0.25) is 4.79 Å². The van der Waals surface area contributed by atoms with Crippen molar-refractivity contribution >= 4 is 28.6 Å². The topological polar surface area (TPSA) is 36.8 Å². The maximum Gasteiger partial charge on any atom is 0.279 e. The Balaban J connectivity index is 1.31. The van der Waals surface area contributed by atoms with Gasteiger partial charge in [0, 0.05) is 37.3 Å². The van der Waals surface area contributed by atoms with Crippen molar-refractivity contribution in [1.29, 1.82) is 0 Å². The van der Waals surface area contributed by atoms with E-state index >= 15 is 0 Å². The molecule has 2 atom stereocenters. The molecule has 27 heavy (non-hydrogen) atoms. The van der Waals surface area contributed by atoms with E-state index in [1.807, 2.05) is 23.5 Å². The Morgan fingerprint density at radius 1 is 1.19 bits per heavy atom. The van der Waals surface area contributed by atoms with Gasteiger partial charge in [0.15, 0.2) is 6.54 Å². The highest BCUT2D eigenvalue weighted by molar-refractivity contribution is 7.10. The van der Waals surface area contributed by atoms with Crippen molar-refractivity contribution in [2.75, 3.05) is 36.4 Å². The van der Waals surface area contributed by atoms with Crippen LogP contribution in [0.2, 0.25) is 0 Å². The van der Waals surface area contributed by atoms with Gasteiger partial charge >= 0.3 is 0 Å². The van der Waals surface area contributed by atoms with Crippen molar-refractivity contribution in [3.8, 4) is 0 Å². The number of hydrogen-bond acceptors (Lipinski definition) is 3. The number of amides is 1. The highest BCUT2D eigenvalue weighted by atomic mass is 32.1. The molecule has 1 unspecified atom stereocenters. The number of piperidine rings is 1. The highest BCUT2D eigenvalue weighted by Crippen LogP contribution is 2.25. The van der Waals surface area contributed by atoms with Crippen LogP contribution in [0.25, 0.3) is 0 Å². The van der Waals surface area contributed by atoms with E-state index in [2.05, 4.69) is 46.8 Å². The first-order valence-electron chi connectivity index (χ1n) is 10.2. The van der Waals surface area contributed by atoms with Crippen molar-refractivity contribution < 1.29 is 9.69 Å². The molecule has 3 heterocycles. The molecule has 0 saturated carbocycles. The van der Waals surface area contributed by atoms with Crippen LogP contribution in [-0.4, -0.2) is 32.1 Å². The Bertz CT molecular complexity index is 735. The van der Waals surface area contributed by atoms with Crippen molar-refractivity contribution in [3.05, 3.63) is 46.7 Å². The van der Waals surface area contributed by atoms with Gasteiger partial charge in [-0.15, -0.1) is 11.3 Å². The smallest absolute Gasteiger partial charge is 0.279 e. The molecule has 1 amide bonds. The first-order chi connectivity index (χ1) is 13.2. The molecule has 4 rings (SSSR count). The van der Waals surface area contributed by atoms with Gasteiger partial charge in [0.05, 0.1) is 11.4 Å². The first-order valence-corrected chi connectivity index (χ1v) is 11.1. The molecule has 2 aliphatic heterocycles. The number of anilines is 2. The number of hydrogen-bond donors (Lipinski definition) is 2. The molecule has 2 fully saturated rings. The van der Waals surface area contributed by atoms with E-state index < -0.39 is 0 Å². The predicted octanol–water partition coefficient (Wildman–Crippen LogP) is 3.34. The summed E-state index contributed by atoms with van der Waals surface area (Å²) in [5, 5.41) is 5.23. The molecule has 4 nitrogen and oxygen atoms in total. The standard InChI is InChI=1S/C22H29N3OS/c1-17-10-13-24(14-11-17)19-8-6-18(7-9-19)23-22(26)16-25-12-2-4-20(25)21-5-3-15-27-21/h3,5-9,15,17,20H,2,4,10-14,16H2,1H3,(H,23,26)/p+1/t20-/m1/s1. The van der Waals surface area contributed by atoms with Gasteiger partial charge in [-0.1, -0.05) is 13.0 Å². The third-order valence-electron chi connectivity index (χ3n) is 6.06. The molecule has 1 aromatic carbocycles. The lowest BCUT2D eigenvalue weighted by atomic mass is 9.99. The third kappa shape index (κ3) is 4.53. The Hall–Kier alpha value is -1.85. The normalized spacial score (nSPS) is 23.5. The number of nitrogens with zero attached hydrogens (tertiary/aromatic N) is 1. The van der Waals surface area contributed by atoms with Gasteiger partial charge < -0.3 is 15.1 Å². The van der Waals surface area contributed by atoms with Crippen molar-refractivity contribution in [2.45, 2.75) is 38.6 Å². The summed E-state index contributed by atoms with van der Waals surface area (Å²) < 4.78 is 0. The van der Waals surface area contributed by atoms with E-state index in [-0.39, 0.29) is 5.91 Å². The lowest BCUT2D eigenvalue weighted by Crippen LogP contribution is -3.11. The van der Waals surface area contributed by atoms with Crippen molar-refractivity contribution in [1.82, 2.24) is 0 Å². The van der Waals surface area contributed by atoms with Gasteiger partial charge in [0.1, 0.15) is 6.04 Å². The van der Waals surface area contributed by atoms with E-state index in [9.17, 15) is 4.79 Å². The predicted molar refractivity (Wildman–Crippen MR) is 113 cm³/mol. The van der Waals surface area contributed by atoms with Gasteiger partial charge in [0.2, 0.25) is 0 Å². The number of carbonyl (C=O) groups is 1. The largest absolute Gasteiger partial charge is 0.372 e. The molecule has 2 aliphatic rings. The van der Waals surface area contributed by atoms with Crippen LogP contribution in [0.5, 0.6) is 0 Å². The number of rotatable bonds is 5. The van der Waals surface area contributed by atoms with E-state index in [0.29, 0.717) is 12.6 Å². The molecule has 0 bridgehead atoms. The molecule has 5 heteroatoms. The summed E-state index contributed by atoms with van der Waals surface area (Å²) in [6.07, 6.45) is 4.92. The lowest BCUT2D eigenvalue weighted by Gasteiger charge is -2.32. The zero-order valence-corrected chi connectivity index (χ0v) is 16.9. The zero-order valence-electron chi connectivity index (χ0n) is 16.1. The fourth-order valence-corrected chi connectivity index (χ4v) is 5.31. The second-order valence-electron chi connectivity index (χ2n) is 8.06. The molecule has 2 N–H and O–H groups in total. The Labute approximate surface area is 166 Å². The quantitative estimate of drug-likeness (QED) is 0.830. The third-order valence-corrected chi connectivity index (χ3v) is 7.04. The minimum atomic E-state index is 0.119. The van der Waals surface area contributed by atoms with Crippen LogP contribution in [0.1, 0.15) is 43.5 Å². The van der Waals surface area contributed by atoms with Crippen LogP contribution in [0.15, 0.2) is 41.8 Å². The number of carbonyl (C=O) groups excluding carboxylic acids is 1. The number of likely N-dealkylation sites (tertiary alicyclic amines) is 1. The minimum Gasteiger partial charge on any atom is -0.372 e. The summed E-state index contributed by atoms with van der Waals surface area (Å²) in [5.74, 6) is 0.957. The minimum absolute atomic E-state index is 0.119. The second kappa shape index (κ2) is 8.44. The summed E-state index contributed by atoms with van der Waals surface area (Å²) in [6, 6.07) is 13.2. The Kier molecular flexibility index (Phi) is 5.79. The maximum absolute atomic E-state index is 12.6. The van der Waals surface area contributed by atoms with Crippen LogP contribution in [0.3, 0.4) is 0 Å². The Morgan fingerprint density at radius 2 is 1.96 bits per heavy atom. The lowest BCUT2D eigenvalue weighted by molar-refractivity contribution is -0.910. The molecule has 2 aromatic rings. The molecule has 2 saturated heterocycles. The monoisotopic (exact) mass is 384 g/mol. The van der Waals surface area contributed by atoms with E-state index in [1.165, 1.54) is 41.1 Å². The van der Waals surface area contributed by atoms with Crippen LogP contribution in [0.4, 0.5) is 11.4 Å². The van der Waals surface area contributed by atoms with Gasteiger partial charge in [-0.2, -0.15) is 0 Å². The van der Waals surface area contributed by atoms with Gasteiger partial charge in [0.25, 0.3) is 5.91 Å². The van der Waals surface area contributed by atoms with Crippen LogP contribution < -0.4 is 15.1 Å². The summed E-state index contributed by atoms with van der Waals surface area (Å²) in [6.45, 7) is 6.24. The summed E-state index contributed by atoms with van der Waals surface area (Å²) in [4.78, 5) is 17.8. The van der Waals surface area contributed by atoms with Crippen LogP contribution >= 0.6 is 11.3 Å². The molecule has 1 aromatic heterocycles. The average molecular weight is 385 g/mol. The van der Waals surface area contributed by atoms with Gasteiger partial charge in [-0.05, 0) is 54.5 Å². The molecular formula is C22H30N3OS+. The summed E-state index contributed by atoms with van der Waals surface area (Å²) in [5.41, 5.74) is 2.17. The molecule has 0 aliphatic carbocycles. The van der Waals surface area contributed by atoms with Crippen LogP contribution in [-0.2, 0) is 4.79 Å². The van der Waals surface area contributed by atoms with Gasteiger partial charge in [-0.25, -0.2) is 0 Å². The number of nitrogens with one attached hydrogen (secondary N) is 2. The molecular weight excluding hydrogens is 354 g/mol. The number of quaternary nitrogens is 1. The number of benzene rings is 1. The summed E-state index contributed by atoms with van der Waals surface area (Å²) in [7, 11) is 0. The maximum atomic E-state index is 12.6. The van der Waals surface area contributed by atoms with E-state index in [4.69, 9.17) is 0 Å². The average Bonchev–Trinajstić information content (AvgIpc) is 3.34. The fraction of sp³-hybridized carbons (Fsp3) is 0.500. The van der Waals surface area contributed by atoms with E-state index in [0.717, 1.165) is 31.2 Å². The summed E-state index contributed by atoms with van der Waals surface area (Å²) >= 11 is 1.81. The molecule has 144 valence electrons. The fourth-order valence-electron chi connectivity index (χ4n) is 4.39. The Morgan fingerprint density at radius 3 is 2.67 bits per heavy atom. The molecule has 0 radical (unpaired) electrons. The van der Waals surface area contributed by atoms with Crippen molar-refractivity contribution in [3.63, 3.8) is 0 Å². The number of thiophene rings is 1. The molecule has 0 spiro atoms. The second-order valence-corrected chi connectivity index (χ2v) is 9.04. The first kappa shape index (κ1) is 18.5. The van der Waals surface area contributed by atoms with Crippen LogP contribution in [0, 0.1) is 5.92 Å². The highest BCUT2D eigenvalue weighted by Gasteiger charge is 2.32. The van der Waals surface area contributed by atoms with Crippen molar-refractivity contribution in [2.24, 2.45) is 5.92 Å². The SMILES string of the molecule is CC1CCN(c2ccc(NC(=O)C[NH+]3CCC[C@@H]3c3cccs3)cc2)CC1. The zero-order chi connectivity index (χ0) is 18.6. The van der Waals surface area contributed by atoms with E-state index in [1.54, 1.807) is 0 Å².